The van der Waals surface area contributed by atoms with Crippen LogP contribution in [-0.4, -0.2) is 20.0 Å². The maximum Gasteiger partial charge on any atom is 0.169 e. The van der Waals surface area contributed by atoms with E-state index in [1.807, 2.05) is 24.0 Å². The van der Waals surface area contributed by atoms with Gasteiger partial charge in [0.05, 0.1) is 12.2 Å². The zero-order valence-electron chi connectivity index (χ0n) is 10.4. The van der Waals surface area contributed by atoms with Gasteiger partial charge in [-0.1, -0.05) is 25.1 Å². The van der Waals surface area contributed by atoms with Crippen molar-refractivity contribution in [3.8, 4) is 0 Å². The average Bonchev–Trinajstić information content (AvgIpc) is 2.59. The van der Waals surface area contributed by atoms with E-state index in [2.05, 4.69) is 35.2 Å². The highest BCUT2D eigenvalue weighted by atomic mass is 15.4. The molecule has 0 aliphatic heterocycles. The fourth-order valence-electron chi connectivity index (χ4n) is 1.92. The van der Waals surface area contributed by atoms with E-state index in [4.69, 9.17) is 5.73 Å². The molecule has 0 spiro atoms. The third kappa shape index (κ3) is 2.43. The van der Waals surface area contributed by atoms with E-state index in [1.165, 1.54) is 0 Å². The molecule has 0 saturated heterocycles. The molecule has 0 aliphatic rings. The molecule has 2 aromatic heterocycles. The molecular formula is C12H17N5. The predicted octanol–water partition coefficient (Wildman–Crippen LogP) is 1.74. The van der Waals surface area contributed by atoms with Crippen LogP contribution in [0.15, 0.2) is 18.5 Å². The second-order valence-corrected chi connectivity index (χ2v) is 4.54. The lowest BCUT2D eigenvalue weighted by atomic mass is 10.1. The van der Waals surface area contributed by atoms with E-state index in [1.54, 1.807) is 0 Å². The number of rotatable bonds is 3. The first-order valence-corrected chi connectivity index (χ1v) is 5.67. The number of aryl methyl sites for hydroxylation is 1. The van der Waals surface area contributed by atoms with Gasteiger partial charge in [0.15, 0.2) is 5.82 Å². The summed E-state index contributed by atoms with van der Waals surface area (Å²) >= 11 is 0. The summed E-state index contributed by atoms with van der Waals surface area (Å²) in [4.78, 5) is 4.17. The molecular weight excluding hydrogens is 214 g/mol. The lowest BCUT2D eigenvalue weighted by Crippen LogP contribution is -2.09. The molecule has 0 amide bonds. The topological polar surface area (TPSA) is 69.6 Å². The van der Waals surface area contributed by atoms with Crippen molar-refractivity contribution in [3.05, 3.63) is 35.3 Å². The van der Waals surface area contributed by atoms with Crippen LogP contribution >= 0.6 is 0 Å². The average molecular weight is 231 g/mol. The second kappa shape index (κ2) is 4.53. The molecule has 17 heavy (non-hydrogen) atoms. The predicted molar refractivity (Wildman–Crippen MR) is 66.6 cm³/mol. The first-order valence-electron chi connectivity index (χ1n) is 5.67. The van der Waals surface area contributed by atoms with Gasteiger partial charge in [0.2, 0.25) is 0 Å². The monoisotopic (exact) mass is 231 g/mol. The van der Waals surface area contributed by atoms with Crippen molar-refractivity contribution >= 4 is 5.82 Å². The molecule has 0 atom stereocenters. The van der Waals surface area contributed by atoms with Crippen LogP contribution in [0, 0.1) is 6.92 Å². The smallest absolute Gasteiger partial charge is 0.169 e. The van der Waals surface area contributed by atoms with Crippen molar-refractivity contribution in [2.24, 2.45) is 0 Å². The van der Waals surface area contributed by atoms with Crippen molar-refractivity contribution in [3.63, 3.8) is 0 Å². The van der Waals surface area contributed by atoms with E-state index in [-0.39, 0.29) is 0 Å². The fraction of sp³-hybridized carbons (Fsp3) is 0.417. The summed E-state index contributed by atoms with van der Waals surface area (Å²) in [5.74, 6) is 0.823. The van der Waals surface area contributed by atoms with Gasteiger partial charge in [0.25, 0.3) is 0 Å². The van der Waals surface area contributed by atoms with E-state index in [0.717, 1.165) is 16.8 Å². The minimum atomic E-state index is 0.308. The Bertz CT molecular complexity index is 515. The SMILES string of the molecule is Cc1cncc(Cn2nnc(N)c2C(C)C)c1. The number of nitrogen functional groups attached to an aromatic ring is 1. The molecule has 0 aliphatic carbocycles. The minimum Gasteiger partial charge on any atom is -0.381 e. The second-order valence-electron chi connectivity index (χ2n) is 4.54. The van der Waals surface area contributed by atoms with Crippen LogP contribution in [0.25, 0.3) is 0 Å². The van der Waals surface area contributed by atoms with Crippen LogP contribution in [0.3, 0.4) is 0 Å². The molecule has 5 heteroatoms. The number of hydrogen-bond donors (Lipinski definition) is 1. The minimum absolute atomic E-state index is 0.308. The Morgan fingerprint density at radius 3 is 2.76 bits per heavy atom. The van der Waals surface area contributed by atoms with Crippen molar-refractivity contribution < 1.29 is 0 Å². The molecule has 0 bridgehead atoms. The Kier molecular flexibility index (Phi) is 3.08. The summed E-state index contributed by atoms with van der Waals surface area (Å²) in [6.45, 7) is 6.85. The Morgan fingerprint density at radius 2 is 2.12 bits per heavy atom. The molecule has 0 aromatic carbocycles. The number of pyridine rings is 1. The first-order chi connectivity index (χ1) is 8.08. The molecule has 0 saturated carbocycles. The number of nitrogens with two attached hydrogens (primary N) is 1. The van der Waals surface area contributed by atoms with E-state index >= 15 is 0 Å². The summed E-state index contributed by atoms with van der Waals surface area (Å²) in [7, 11) is 0. The molecule has 2 heterocycles. The van der Waals surface area contributed by atoms with Crippen molar-refractivity contribution in [2.45, 2.75) is 33.2 Å². The fourth-order valence-corrected chi connectivity index (χ4v) is 1.92. The van der Waals surface area contributed by atoms with Crippen LogP contribution in [0.1, 0.15) is 36.6 Å². The zero-order valence-corrected chi connectivity index (χ0v) is 10.4. The van der Waals surface area contributed by atoms with Crippen LogP contribution < -0.4 is 5.73 Å². The Labute approximate surface area is 101 Å². The molecule has 5 nitrogen and oxygen atoms in total. The largest absolute Gasteiger partial charge is 0.381 e. The summed E-state index contributed by atoms with van der Waals surface area (Å²) in [5, 5.41) is 8.00. The highest BCUT2D eigenvalue weighted by Crippen LogP contribution is 2.19. The van der Waals surface area contributed by atoms with Gasteiger partial charge in [0, 0.05) is 12.4 Å². The van der Waals surface area contributed by atoms with E-state index in [0.29, 0.717) is 18.3 Å². The highest BCUT2D eigenvalue weighted by Gasteiger charge is 2.13. The Hall–Kier alpha value is -1.91. The summed E-state index contributed by atoms with van der Waals surface area (Å²) < 4.78 is 1.84. The third-order valence-corrected chi connectivity index (χ3v) is 2.61. The molecule has 2 aromatic rings. The molecule has 0 fully saturated rings. The maximum absolute atomic E-state index is 5.82. The van der Waals surface area contributed by atoms with Crippen molar-refractivity contribution in [1.29, 1.82) is 0 Å². The molecule has 0 radical (unpaired) electrons. The quantitative estimate of drug-likeness (QED) is 0.873. The van der Waals surface area contributed by atoms with Crippen LogP contribution in [0.2, 0.25) is 0 Å². The Morgan fingerprint density at radius 1 is 1.35 bits per heavy atom. The van der Waals surface area contributed by atoms with Crippen LogP contribution in [0.4, 0.5) is 5.82 Å². The zero-order chi connectivity index (χ0) is 12.4. The van der Waals surface area contributed by atoms with E-state index < -0.39 is 0 Å². The van der Waals surface area contributed by atoms with Gasteiger partial charge in [-0.25, -0.2) is 4.68 Å². The summed E-state index contributed by atoms with van der Waals surface area (Å²) in [5.41, 5.74) is 9.04. The van der Waals surface area contributed by atoms with Crippen LogP contribution in [-0.2, 0) is 6.54 Å². The first kappa shape index (κ1) is 11.6. The van der Waals surface area contributed by atoms with Gasteiger partial charge < -0.3 is 5.73 Å². The van der Waals surface area contributed by atoms with Gasteiger partial charge in [-0.05, 0) is 24.0 Å². The number of nitrogens with zero attached hydrogens (tertiary/aromatic N) is 4. The molecule has 2 rings (SSSR count). The lowest BCUT2D eigenvalue weighted by molar-refractivity contribution is 0.597. The molecule has 90 valence electrons. The van der Waals surface area contributed by atoms with Crippen molar-refractivity contribution in [1.82, 2.24) is 20.0 Å². The third-order valence-electron chi connectivity index (χ3n) is 2.61. The number of anilines is 1. The lowest BCUT2D eigenvalue weighted by Gasteiger charge is -2.09. The maximum atomic E-state index is 5.82. The van der Waals surface area contributed by atoms with E-state index in [9.17, 15) is 0 Å². The van der Waals surface area contributed by atoms with Crippen molar-refractivity contribution in [2.75, 3.05) is 5.73 Å². The number of aromatic nitrogens is 4. The summed E-state index contributed by atoms with van der Waals surface area (Å²) in [6.07, 6.45) is 3.68. The van der Waals surface area contributed by atoms with Gasteiger partial charge in [-0.3, -0.25) is 4.98 Å². The summed E-state index contributed by atoms with van der Waals surface area (Å²) in [6, 6.07) is 2.09. The highest BCUT2D eigenvalue weighted by molar-refractivity contribution is 5.35. The van der Waals surface area contributed by atoms with Gasteiger partial charge in [-0.2, -0.15) is 0 Å². The Balaban J connectivity index is 2.30. The number of hydrogen-bond acceptors (Lipinski definition) is 4. The standard InChI is InChI=1S/C12H17N5/c1-8(2)11-12(13)15-16-17(11)7-10-4-9(3)5-14-6-10/h4-6,8H,7,13H2,1-3H3. The molecule has 2 N–H and O–H groups in total. The van der Waals surface area contributed by atoms with Gasteiger partial charge in [-0.15, -0.1) is 5.10 Å². The normalized spacial score (nSPS) is 11.1. The van der Waals surface area contributed by atoms with Gasteiger partial charge >= 0.3 is 0 Å². The van der Waals surface area contributed by atoms with Gasteiger partial charge in [0.1, 0.15) is 0 Å². The molecule has 0 unspecified atom stereocenters. The van der Waals surface area contributed by atoms with Crippen LogP contribution in [0.5, 0.6) is 0 Å².